The highest BCUT2D eigenvalue weighted by Crippen LogP contribution is 2.11. The Kier molecular flexibility index (Phi) is 5.46. The molecular weight excluding hydrogens is 274 g/mol. The maximum atomic E-state index is 11.6. The molecule has 7 heteroatoms. The van der Waals surface area contributed by atoms with Crippen molar-refractivity contribution in [1.82, 2.24) is 15.3 Å². The van der Waals surface area contributed by atoms with Crippen LogP contribution in [0.25, 0.3) is 0 Å². The molecule has 21 heavy (non-hydrogen) atoms. The number of nitrogens with one attached hydrogen (secondary N) is 1. The minimum absolute atomic E-state index is 0.0256. The Balaban J connectivity index is 1.92. The van der Waals surface area contributed by atoms with Crippen molar-refractivity contribution in [2.75, 3.05) is 26.3 Å². The van der Waals surface area contributed by atoms with E-state index in [0.29, 0.717) is 24.5 Å². The molecule has 2 atom stereocenters. The fourth-order valence-corrected chi connectivity index (χ4v) is 2.06. The summed E-state index contributed by atoms with van der Waals surface area (Å²) in [7, 11) is 0. The molecule has 0 spiro atoms. The van der Waals surface area contributed by atoms with Crippen LogP contribution in [0.3, 0.4) is 0 Å². The Labute approximate surface area is 124 Å². The summed E-state index contributed by atoms with van der Waals surface area (Å²) in [6, 6.07) is 0.238. The van der Waals surface area contributed by atoms with E-state index in [-0.39, 0.29) is 18.2 Å². The van der Waals surface area contributed by atoms with Gasteiger partial charge in [0.05, 0.1) is 24.0 Å². The molecule has 2 heterocycles. The van der Waals surface area contributed by atoms with Gasteiger partial charge in [0.1, 0.15) is 12.7 Å². The highest BCUT2D eigenvalue weighted by atomic mass is 16.5. The van der Waals surface area contributed by atoms with Crippen LogP contribution in [-0.4, -0.2) is 54.4 Å². The molecule has 1 aliphatic rings. The van der Waals surface area contributed by atoms with Crippen molar-refractivity contribution in [3.63, 3.8) is 0 Å². The zero-order chi connectivity index (χ0) is 15.2. The van der Waals surface area contributed by atoms with E-state index in [0.717, 1.165) is 13.1 Å². The molecule has 1 aliphatic heterocycles. The fraction of sp³-hybridized carbons (Fsp3) is 0.643. The van der Waals surface area contributed by atoms with Crippen LogP contribution in [-0.2, 0) is 9.47 Å². The second-order valence-electron chi connectivity index (χ2n) is 4.91. The van der Waals surface area contributed by atoms with Crippen molar-refractivity contribution < 1.29 is 19.0 Å². The summed E-state index contributed by atoms with van der Waals surface area (Å²) >= 11 is 0. The van der Waals surface area contributed by atoms with E-state index in [2.05, 4.69) is 15.3 Å². The first-order valence-electron chi connectivity index (χ1n) is 7.10. The van der Waals surface area contributed by atoms with Gasteiger partial charge >= 0.3 is 12.0 Å². The largest absolute Gasteiger partial charge is 0.462 e. The van der Waals surface area contributed by atoms with Gasteiger partial charge in [-0.2, -0.15) is 4.98 Å². The number of aromatic nitrogens is 2. The molecule has 1 saturated heterocycles. The lowest BCUT2D eigenvalue weighted by Crippen LogP contribution is -2.45. The van der Waals surface area contributed by atoms with Gasteiger partial charge < -0.3 is 19.5 Å². The molecule has 0 saturated carbocycles. The number of rotatable bonds is 5. The van der Waals surface area contributed by atoms with Gasteiger partial charge in [-0.15, -0.1) is 0 Å². The third-order valence-corrected chi connectivity index (χ3v) is 3.08. The van der Waals surface area contributed by atoms with Gasteiger partial charge in [-0.3, -0.25) is 0 Å². The second kappa shape index (κ2) is 7.33. The van der Waals surface area contributed by atoms with Crippen LogP contribution >= 0.6 is 0 Å². The van der Waals surface area contributed by atoms with E-state index in [1.807, 2.05) is 6.92 Å². The second-order valence-corrected chi connectivity index (χ2v) is 4.91. The Bertz CT molecular complexity index is 495. The molecule has 1 N–H and O–H groups in total. The van der Waals surface area contributed by atoms with Crippen LogP contribution in [0.15, 0.2) is 6.20 Å². The van der Waals surface area contributed by atoms with Crippen molar-refractivity contribution in [2.45, 2.75) is 33.0 Å². The van der Waals surface area contributed by atoms with Gasteiger partial charge in [0, 0.05) is 19.3 Å². The summed E-state index contributed by atoms with van der Waals surface area (Å²) in [6.07, 6.45) is 1.57. The van der Waals surface area contributed by atoms with Crippen LogP contribution < -0.4 is 10.1 Å². The van der Waals surface area contributed by atoms with Crippen LogP contribution in [0.4, 0.5) is 0 Å². The molecule has 2 rings (SSSR count). The quantitative estimate of drug-likeness (QED) is 0.801. The van der Waals surface area contributed by atoms with E-state index < -0.39 is 5.97 Å². The maximum absolute atomic E-state index is 11.6. The third-order valence-electron chi connectivity index (χ3n) is 3.08. The predicted octanol–water partition coefficient (Wildman–Crippen LogP) is 0.717. The number of esters is 1. The number of nitrogens with zero attached hydrogens (tertiary/aromatic N) is 2. The molecular formula is C14H21N3O4. The molecule has 0 bridgehead atoms. The lowest BCUT2D eigenvalue weighted by Gasteiger charge is -2.28. The highest BCUT2D eigenvalue weighted by molar-refractivity contribution is 5.90. The molecule has 0 aliphatic carbocycles. The SMILES string of the molecule is CCOC(=O)c1cnc(OCC2CNCC(C)O2)nc1C. The third kappa shape index (κ3) is 4.37. The summed E-state index contributed by atoms with van der Waals surface area (Å²) in [6.45, 7) is 7.76. The number of carbonyl (C=O) groups is 1. The van der Waals surface area contributed by atoms with Gasteiger partial charge in [0.25, 0.3) is 0 Å². The topological polar surface area (TPSA) is 82.6 Å². The lowest BCUT2D eigenvalue weighted by atomic mass is 10.2. The van der Waals surface area contributed by atoms with Crippen molar-refractivity contribution in [1.29, 1.82) is 0 Å². The summed E-state index contributed by atoms with van der Waals surface area (Å²) in [5.41, 5.74) is 0.892. The first-order chi connectivity index (χ1) is 10.1. The molecule has 0 radical (unpaired) electrons. The van der Waals surface area contributed by atoms with Gasteiger partial charge in [0.2, 0.25) is 0 Å². The zero-order valence-electron chi connectivity index (χ0n) is 12.6. The Morgan fingerprint density at radius 3 is 3.00 bits per heavy atom. The predicted molar refractivity (Wildman–Crippen MR) is 75.4 cm³/mol. The maximum Gasteiger partial charge on any atom is 0.341 e. The van der Waals surface area contributed by atoms with Crippen LogP contribution in [0.5, 0.6) is 6.01 Å². The molecule has 0 amide bonds. The van der Waals surface area contributed by atoms with Crippen molar-refractivity contribution >= 4 is 5.97 Å². The van der Waals surface area contributed by atoms with Crippen LogP contribution in [0, 0.1) is 6.92 Å². The molecule has 2 unspecified atom stereocenters. The summed E-state index contributed by atoms with van der Waals surface area (Å²) in [5, 5.41) is 3.26. The standard InChI is InChI=1S/C14H21N3O4/c1-4-19-13(18)12-7-16-14(17-10(12)3)20-8-11-6-15-5-9(2)21-11/h7,9,11,15H,4-6,8H2,1-3H3. The molecule has 1 fully saturated rings. The average molecular weight is 295 g/mol. The van der Waals surface area contributed by atoms with Gasteiger partial charge in [-0.05, 0) is 20.8 Å². The molecule has 0 aromatic carbocycles. The number of hydrogen-bond acceptors (Lipinski definition) is 7. The smallest absolute Gasteiger partial charge is 0.341 e. The number of hydrogen-bond donors (Lipinski definition) is 1. The molecule has 1 aromatic rings. The number of ether oxygens (including phenoxy) is 3. The summed E-state index contributed by atoms with van der Waals surface area (Å²) < 4.78 is 16.2. The molecule has 116 valence electrons. The Morgan fingerprint density at radius 1 is 1.52 bits per heavy atom. The van der Waals surface area contributed by atoms with Crippen molar-refractivity contribution in [3.05, 3.63) is 17.5 Å². The van der Waals surface area contributed by atoms with Crippen molar-refractivity contribution in [3.8, 4) is 6.01 Å². The number of aryl methyl sites for hydroxylation is 1. The summed E-state index contributed by atoms with van der Waals surface area (Å²) in [4.78, 5) is 19.9. The molecule has 1 aromatic heterocycles. The Morgan fingerprint density at radius 2 is 2.33 bits per heavy atom. The molecule has 7 nitrogen and oxygen atoms in total. The summed E-state index contributed by atoms with van der Waals surface area (Å²) in [5.74, 6) is -0.421. The van der Waals surface area contributed by atoms with Gasteiger partial charge in [0.15, 0.2) is 0 Å². The highest BCUT2D eigenvalue weighted by Gasteiger charge is 2.20. The van der Waals surface area contributed by atoms with Gasteiger partial charge in [-0.1, -0.05) is 0 Å². The minimum Gasteiger partial charge on any atom is -0.462 e. The normalized spacial score (nSPS) is 21.9. The lowest BCUT2D eigenvalue weighted by molar-refractivity contribution is -0.0483. The van der Waals surface area contributed by atoms with E-state index in [1.165, 1.54) is 6.20 Å². The number of morpholine rings is 1. The monoisotopic (exact) mass is 295 g/mol. The Hall–Kier alpha value is -1.73. The van der Waals surface area contributed by atoms with Crippen molar-refractivity contribution in [2.24, 2.45) is 0 Å². The average Bonchev–Trinajstić information content (AvgIpc) is 2.45. The van der Waals surface area contributed by atoms with E-state index in [9.17, 15) is 4.79 Å². The van der Waals surface area contributed by atoms with E-state index >= 15 is 0 Å². The first kappa shape index (κ1) is 15.7. The van der Waals surface area contributed by atoms with Crippen LogP contribution in [0.1, 0.15) is 29.9 Å². The van der Waals surface area contributed by atoms with E-state index in [4.69, 9.17) is 14.2 Å². The van der Waals surface area contributed by atoms with Gasteiger partial charge in [-0.25, -0.2) is 9.78 Å². The first-order valence-corrected chi connectivity index (χ1v) is 7.10. The minimum atomic E-state index is -0.421. The van der Waals surface area contributed by atoms with E-state index in [1.54, 1.807) is 13.8 Å². The fourth-order valence-electron chi connectivity index (χ4n) is 2.06. The zero-order valence-corrected chi connectivity index (χ0v) is 12.6. The number of carbonyl (C=O) groups excluding carboxylic acids is 1. The van der Waals surface area contributed by atoms with Crippen LogP contribution in [0.2, 0.25) is 0 Å².